The summed E-state index contributed by atoms with van der Waals surface area (Å²) in [5.41, 5.74) is 4.82. The largest absolute Gasteiger partial charge is 0.288 e. The highest BCUT2D eigenvalue weighted by atomic mass is 79.9. The number of benzene rings is 2. The van der Waals surface area contributed by atoms with E-state index in [9.17, 15) is 4.79 Å². The maximum atomic E-state index is 12.7. The number of allylic oxidation sites excluding steroid dienone is 2. The molecule has 0 aromatic heterocycles. The maximum absolute atomic E-state index is 12.7. The summed E-state index contributed by atoms with van der Waals surface area (Å²) in [6.07, 6.45) is 0. The molecule has 0 saturated heterocycles. The quantitative estimate of drug-likeness (QED) is 0.467. The molecule has 0 bridgehead atoms. The van der Waals surface area contributed by atoms with Gasteiger partial charge in [-0.2, -0.15) is 0 Å². The molecule has 0 aliphatic carbocycles. The van der Waals surface area contributed by atoms with Crippen LogP contribution >= 0.6 is 55.1 Å². The third-order valence-corrected chi connectivity index (χ3v) is 4.51. The van der Waals surface area contributed by atoms with Gasteiger partial charge in [0, 0.05) is 31.2 Å². The number of hydrogen-bond donors (Lipinski definition) is 0. The van der Waals surface area contributed by atoms with Crippen molar-refractivity contribution >= 4 is 72.0 Å². The summed E-state index contributed by atoms with van der Waals surface area (Å²) in [5, 5.41) is 0. The van der Waals surface area contributed by atoms with Crippen LogP contribution in [0.15, 0.2) is 68.5 Å². The summed E-state index contributed by atoms with van der Waals surface area (Å²) in [6, 6.07) is 14.7. The highest BCUT2D eigenvalue weighted by molar-refractivity contribution is 9.10. The number of Topliss-reactive ketones (excluding diaryl/α,β-unsaturated/α-hetero) is 1. The van der Waals surface area contributed by atoms with E-state index >= 15 is 0 Å². The highest BCUT2D eigenvalue weighted by Crippen LogP contribution is 2.28. The van der Waals surface area contributed by atoms with E-state index in [1.54, 1.807) is 0 Å². The van der Waals surface area contributed by atoms with Gasteiger partial charge in [-0.1, -0.05) is 79.3 Å². The third kappa shape index (κ3) is 4.11. The summed E-state index contributed by atoms with van der Waals surface area (Å²) in [7, 11) is 0. The number of carbonyl (C=O) groups is 1. The van der Waals surface area contributed by atoms with Gasteiger partial charge in [-0.15, -0.1) is 0 Å². The van der Waals surface area contributed by atoms with E-state index in [1.165, 1.54) is 11.1 Å². The lowest BCUT2D eigenvalue weighted by Gasteiger charge is -2.10. The fourth-order valence-electron chi connectivity index (χ4n) is 1.89. The smallest absolute Gasteiger partial charge is 0.195 e. The summed E-state index contributed by atoms with van der Waals surface area (Å²) < 4.78 is 1.86. The average Bonchev–Trinajstić information content (AvgIpc) is 2.52. The zero-order valence-corrected chi connectivity index (χ0v) is 15.9. The molecule has 1 nitrogen and oxygen atoms in total. The molecule has 0 radical (unpaired) electrons. The summed E-state index contributed by atoms with van der Waals surface area (Å²) in [6.45, 7) is 0. The van der Waals surface area contributed by atoms with Crippen LogP contribution in [-0.4, -0.2) is 5.78 Å². The van der Waals surface area contributed by atoms with Crippen molar-refractivity contribution in [3.63, 3.8) is 0 Å². The molecule has 2 aromatic carbocycles. The lowest BCUT2D eigenvalue weighted by Crippen LogP contribution is -2.04. The molecule has 112 valence electrons. The predicted molar refractivity (Wildman–Crippen MR) is 101 cm³/mol. The number of carbonyl (C=O) groups excluding carboxylic acids is 1. The Kier molecular flexibility index (Phi) is 6.45. The Bertz CT molecular complexity index is 669. The first-order valence-electron chi connectivity index (χ1n) is 6.24. The summed E-state index contributed by atoms with van der Waals surface area (Å²) >= 11 is 18.5. The zero-order chi connectivity index (χ0) is 16.1. The minimum Gasteiger partial charge on any atom is -0.288 e. The van der Waals surface area contributed by atoms with Crippen LogP contribution in [0.4, 0.5) is 0 Å². The van der Waals surface area contributed by atoms with Crippen LogP contribution in [0, 0.1) is 0 Å². The standard InChI is InChI=1S/C17H10Br2Cl2O/c18-13-5-1-11(2-6-13)15(9-20)17(22)16(10-21)12-3-7-14(19)8-4-12/h1-10H/b15-9+,16-10+. The number of ketones is 1. The maximum Gasteiger partial charge on any atom is 0.195 e. The molecule has 5 heteroatoms. The van der Waals surface area contributed by atoms with E-state index in [2.05, 4.69) is 31.9 Å². The zero-order valence-electron chi connectivity index (χ0n) is 11.2. The fourth-order valence-corrected chi connectivity index (χ4v) is 2.87. The van der Waals surface area contributed by atoms with Crippen molar-refractivity contribution in [1.29, 1.82) is 0 Å². The molecule has 2 aromatic rings. The Morgan fingerprint density at radius 3 is 1.32 bits per heavy atom. The van der Waals surface area contributed by atoms with Gasteiger partial charge in [0.05, 0.1) is 0 Å². The van der Waals surface area contributed by atoms with Crippen LogP contribution in [0.2, 0.25) is 0 Å². The summed E-state index contributed by atoms with van der Waals surface area (Å²) in [4.78, 5) is 12.7. The molecule has 0 spiro atoms. The van der Waals surface area contributed by atoms with Crippen LogP contribution in [0.5, 0.6) is 0 Å². The Morgan fingerprint density at radius 2 is 1.05 bits per heavy atom. The number of hydrogen-bond acceptors (Lipinski definition) is 1. The molecule has 0 saturated carbocycles. The third-order valence-electron chi connectivity index (χ3n) is 3.02. The van der Waals surface area contributed by atoms with Gasteiger partial charge in [-0.05, 0) is 35.4 Å². The van der Waals surface area contributed by atoms with Gasteiger partial charge >= 0.3 is 0 Å². The first kappa shape index (κ1) is 17.5. The molecule has 0 fully saturated rings. The van der Waals surface area contributed by atoms with Crippen LogP contribution in [0.1, 0.15) is 11.1 Å². The normalized spacial score (nSPS) is 12.4. The van der Waals surface area contributed by atoms with Crippen LogP contribution in [-0.2, 0) is 4.79 Å². The number of rotatable bonds is 4. The van der Waals surface area contributed by atoms with Crippen molar-refractivity contribution in [1.82, 2.24) is 0 Å². The highest BCUT2D eigenvalue weighted by Gasteiger charge is 2.18. The minimum absolute atomic E-state index is 0.227. The van der Waals surface area contributed by atoms with Gasteiger partial charge in [0.2, 0.25) is 0 Å². The SMILES string of the molecule is O=C(/C(=C/Cl)c1ccc(Br)cc1)/C(=C/Cl)c1ccc(Br)cc1. The van der Waals surface area contributed by atoms with Gasteiger partial charge in [0.1, 0.15) is 0 Å². The van der Waals surface area contributed by atoms with E-state index in [1.807, 2.05) is 48.5 Å². The topological polar surface area (TPSA) is 17.1 Å². The van der Waals surface area contributed by atoms with E-state index in [4.69, 9.17) is 23.2 Å². The number of halogens is 4. The van der Waals surface area contributed by atoms with Gasteiger partial charge in [-0.25, -0.2) is 0 Å². The van der Waals surface area contributed by atoms with Crippen LogP contribution in [0.3, 0.4) is 0 Å². The fraction of sp³-hybridized carbons (Fsp3) is 0. The van der Waals surface area contributed by atoms with Gasteiger partial charge < -0.3 is 0 Å². The van der Waals surface area contributed by atoms with Gasteiger partial charge in [-0.3, -0.25) is 4.79 Å². The molecule has 0 heterocycles. The van der Waals surface area contributed by atoms with Crippen molar-refractivity contribution < 1.29 is 4.79 Å². The van der Waals surface area contributed by atoms with Crippen molar-refractivity contribution in [2.75, 3.05) is 0 Å². The van der Waals surface area contributed by atoms with Crippen molar-refractivity contribution in [2.45, 2.75) is 0 Å². The molecular weight excluding hydrogens is 451 g/mol. The van der Waals surface area contributed by atoms with Gasteiger partial charge in [0.25, 0.3) is 0 Å². The van der Waals surface area contributed by atoms with Crippen LogP contribution in [0.25, 0.3) is 11.1 Å². The molecule has 0 amide bonds. The molecule has 2 rings (SSSR count). The van der Waals surface area contributed by atoms with Gasteiger partial charge in [0.15, 0.2) is 5.78 Å². The second kappa shape index (κ2) is 8.11. The van der Waals surface area contributed by atoms with Crippen molar-refractivity contribution in [2.24, 2.45) is 0 Å². The van der Waals surface area contributed by atoms with E-state index in [0.29, 0.717) is 11.1 Å². The molecule has 0 aliphatic heterocycles. The minimum atomic E-state index is -0.227. The van der Waals surface area contributed by atoms with Crippen molar-refractivity contribution in [3.8, 4) is 0 Å². The summed E-state index contributed by atoms with van der Waals surface area (Å²) in [5.74, 6) is -0.227. The van der Waals surface area contributed by atoms with Crippen LogP contribution < -0.4 is 0 Å². The lowest BCUT2D eigenvalue weighted by atomic mass is 9.95. The first-order valence-corrected chi connectivity index (χ1v) is 8.70. The van der Waals surface area contributed by atoms with E-state index in [0.717, 1.165) is 20.1 Å². The van der Waals surface area contributed by atoms with Crippen molar-refractivity contribution in [3.05, 3.63) is 79.7 Å². The molecule has 22 heavy (non-hydrogen) atoms. The Hall–Kier alpha value is -0.870. The second-order valence-corrected chi connectivity index (χ2v) is 6.66. The monoisotopic (exact) mass is 458 g/mol. The molecule has 0 atom stereocenters. The van der Waals surface area contributed by atoms with E-state index < -0.39 is 0 Å². The first-order chi connectivity index (χ1) is 10.6. The Labute approximate surface area is 155 Å². The second-order valence-electron chi connectivity index (χ2n) is 4.39. The lowest BCUT2D eigenvalue weighted by molar-refractivity contribution is -0.108. The predicted octanol–water partition coefficient (Wildman–Crippen LogP) is 6.64. The molecule has 0 aliphatic rings. The average molecular weight is 461 g/mol. The molecular formula is C17H10Br2Cl2O. The van der Waals surface area contributed by atoms with E-state index in [-0.39, 0.29) is 5.78 Å². The Morgan fingerprint density at radius 1 is 0.727 bits per heavy atom. The molecule has 0 unspecified atom stereocenters. The Balaban J connectivity index is 2.38. The molecule has 0 N–H and O–H groups in total.